The molecule has 20 heavy (non-hydrogen) atoms. The van der Waals surface area contributed by atoms with Crippen LogP contribution in [-0.4, -0.2) is 57.6 Å². The molecule has 1 aliphatic heterocycles. The first-order valence-corrected chi connectivity index (χ1v) is 7.53. The van der Waals surface area contributed by atoms with E-state index in [1.54, 1.807) is 11.0 Å². The van der Waals surface area contributed by atoms with Crippen molar-refractivity contribution in [1.82, 2.24) is 9.29 Å². The summed E-state index contributed by atoms with van der Waals surface area (Å²) in [5, 5.41) is 9.03. The number of nitrogens with zero attached hydrogens (tertiary/aromatic N) is 4. The minimum absolute atomic E-state index is 0.0882. The van der Waals surface area contributed by atoms with Crippen LogP contribution in [0.1, 0.15) is 0 Å². The third-order valence-electron chi connectivity index (χ3n) is 3.01. The molecule has 7 nitrogen and oxygen atoms in total. The Labute approximate surface area is 118 Å². The SMILES string of the molecule is CN(C)c1ccc(S(=O)(=O)N2CCOCC2C#N)cn1. The lowest BCUT2D eigenvalue weighted by Gasteiger charge is -2.30. The lowest BCUT2D eigenvalue weighted by molar-refractivity contribution is 0.0511. The molecule has 0 saturated carbocycles. The zero-order valence-corrected chi connectivity index (χ0v) is 12.2. The number of sulfonamides is 1. The van der Waals surface area contributed by atoms with Gasteiger partial charge in [-0.25, -0.2) is 13.4 Å². The molecule has 1 aliphatic rings. The first kappa shape index (κ1) is 14.7. The lowest BCUT2D eigenvalue weighted by atomic mass is 10.3. The van der Waals surface area contributed by atoms with Crippen LogP contribution in [0.3, 0.4) is 0 Å². The van der Waals surface area contributed by atoms with Gasteiger partial charge in [-0.2, -0.15) is 9.57 Å². The number of pyridine rings is 1. The van der Waals surface area contributed by atoms with Crippen molar-refractivity contribution in [2.24, 2.45) is 0 Å². The second-order valence-electron chi connectivity index (χ2n) is 4.58. The number of hydrogen-bond acceptors (Lipinski definition) is 6. The molecule has 1 fully saturated rings. The van der Waals surface area contributed by atoms with Crippen molar-refractivity contribution in [3.63, 3.8) is 0 Å². The zero-order valence-electron chi connectivity index (χ0n) is 11.4. The summed E-state index contributed by atoms with van der Waals surface area (Å²) >= 11 is 0. The van der Waals surface area contributed by atoms with Gasteiger partial charge in [0.05, 0.1) is 19.3 Å². The van der Waals surface area contributed by atoms with E-state index < -0.39 is 16.1 Å². The molecule has 1 unspecified atom stereocenters. The van der Waals surface area contributed by atoms with Crippen LogP contribution >= 0.6 is 0 Å². The van der Waals surface area contributed by atoms with Gasteiger partial charge in [-0.3, -0.25) is 0 Å². The number of anilines is 1. The van der Waals surface area contributed by atoms with Crippen molar-refractivity contribution in [3.05, 3.63) is 18.3 Å². The van der Waals surface area contributed by atoms with Gasteiger partial charge >= 0.3 is 0 Å². The number of aromatic nitrogens is 1. The summed E-state index contributed by atoms with van der Waals surface area (Å²) in [6.45, 7) is 0.565. The maximum atomic E-state index is 12.5. The van der Waals surface area contributed by atoms with Crippen LogP contribution in [0.5, 0.6) is 0 Å². The van der Waals surface area contributed by atoms with Crippen molar-refractivity contribution in [1.29, 1.82) is 5.26 Å². The Morgan fingerprint density at radius 3 is 2.80 bits per heavy atom. The molecular weight excluding hydrogens is 280 g/mol. The minimum atomic E-state index is -3.72. The number of ether oxygens (including phenoxy) is 1. The number of rotatable bonds is 3. The maximum absolute atomic E-state index is 12.5. The van der Waals surface area contributed by atoms with Crippen LogP contribution in [0.15, 0.2) is 23.2 Å². The molecule has 0 N–H and O–H groups in total. The third-order valence-corrected chi connectivity index (χ3v) is 4.91. The normalized spacial score (nSPS) is 20.4. The average molecular weight is 296 g/mol. The molecule has 0 radical (unpaired) electrons. The number of hydrogen-bond donors (Lipinski definition) is 0. The van der Waals surface area contributed by atoms with Gasteiger partial charge in [0.25, 0.3) is 0 Å². The van der Waals surface area contributed by atoms with Crippen molar-refractivity contribution in [3.8, 4) is 6.07 Å². The standard InChI is InChI=1S/C12H16N4O3S/c1-15(2)12-4-3-11(8-14-12)20(17,18)16-5-6-19-9-10(16)7-13/h3-4,8,10H,5-6,9H2,1-2H3. The topological polar surface area (TPSA) is 86.5 Å². The summed E-state index contributed by atoms with van der Waals surface area (Å²) in [5.41, 5.74) is 0. The van der Waals surface area contributed by atoms with E-state index in [-0.39, 0.29) is 18.0 Å². The molecule has 2 rings (SSSR count). The second kappa shape index (κ2) is 5.75. The maximum Gasteiger partial charge on any atom is 0.245 e. The molecule has 8 heteroatoms. The van der Waals surface area contributed by atoms with E-state index in [1.807, 2.05) is 20.2 Å². The van der Waals surface area contributed by atoms with E-state index in [0.29, 0.717) is 12.4 Å². The van der Waals surface area contributed by atoms with Gasteiger partial charge in [0.15, 0.2) is 0 Å². The van der Waals surface area contributed by atoms with Gasteiger partial charge in [0.1, 0.15) is 16.8 Å². The monoisotopic (exact) mass is 296 g/mol. The molecule has 108 valence electrons. The highest BCUT2D eigenvalue weighted by Crippen LogP contribution is 2.21. The van der Waals surface area contributed by atoms with Crippen molar-refractivity contribution in [2.45, 2.75) is 10.9 Å². The van der Waals surface area contributed by atoms with Gasteiger partial charge in [-0.15, -0.1) is 0 Å². The minimum Gasteiger partial charge on any atom is -0.377 e. The molecule has 0 spiro atoms. The highest BCUT2D eigenvalue weighted by Gasteiger charge is 2.34. The molecule has 0 amide bonds. The van der Waals surface area contributed by atoms with Crippen LogP contribution in [0.4, 0.5) is 5.82 Å². The number of morpholine rings is 1. The second-order valence-corrected chi connectivity index (χ2v) is 6.47. The first-order valence-electron chi connectivity index (χ1n) is 6.09. The summed E-state index contributed by atoms with van der Waals surface area (Å²) in [6.07, 6.45) is 1.31. The highest BCUT2D eigenvalue weighted by molar-refractivity contribution is 7.89. The van der Waals surface area contributed by atoms with E-state index in [4.69, 9.17) is 10.00 Å². The summed E-state index contributed by atoms with van der Waals surface area (Å²) in [5.74, 6) is 0.669. The fourth-order valence-electron chi connectivity index (χ4n) is 1.90. The molecule has 1 atom stereocenters. The van der Waals surface area contributed by atoms with Gasteiger partial charge in [0.2, 0.25) is 10.0 Å². The van der Waals surface area contributed by atoms with Crippen LogP contribution < -0.4 is 4.90 Å². The Balaban J connectivity index is 2.32. The van der Waals surface area contributed by atoms with Gasteiger partial charge in [0, 0.05) is 26.8 Å². The Kier molecular flexibility index (Phi) is 4.23. The predicted octanol–water partition coefficient (Wildman–Crippen LogP) is 0.0607. The third kappa shape index (κ3) is 2.75. The Morgan fingerprint density at radius 2 is 2.25 bits per heavy atom. The summed E-state index contributed by atoms with van der Waals surface area (Å²) in [6, 6.07) is 4.30. The van der Waals surface area contributed by atoms with Gasteiger partial charge < -0.3 is 9.64 Å². The van der Waals surface area contributed by atoms with E-state index in [0.717, 1.165) is 0 Å². The largest absolute Gasteiger partial charge is 0.377 e. The molecule has 1 aromatic heterocycles. The number of nitriles is 1. The van der Waals surface area contributed by atoms with Crippen LogP contribution in [-0.2, 0) is 14.8 Å². The van der Waals surface area contributed by atoms with Crippen molar-refractivity contribution < 1.29 is 13.2 Å². The summed E-state index contributed by atoms with van der Waals surface area (Å²) < 4.78 is 31.3. The fourth-order valence-corrected chi connectivity index (χ4v) is 3.36. The van der Waals surface area contributed by atoms with Crippen LogP contribution in [0.25, 0.3) is 0 Å². The zero-order chi connectivity index (χ0) is 14.8. The fraction of sp³-hybridized carbons (Fsp3) is 0.500. The Morgan fingerprint density at radius 1 is 1.50 bits per heavy atom. The quantitative estimate of drug-likeness (QED) is 0.784. The molecule has 0 bridgehead atoms. The first-order chi connectivity index (χ1) is 9.46. The van der Waals surface area contributed by atoms with E-state index in [1.165, 1.54) is 16.6 Å². The lowest BCUT2D eigenvalue weighted by Crippen LogP contribution is -2.47. The summed E-state index contributed by atoms with van der Waals surface area (Å²) in [4.78, 5) is 5.97. The van der Waals surface area contributed by atoms with Crippen molar-refractivity contribution in [2.75, 3.05) is 38.8 Å². The van der Waals surface area contributed by atoms with E-state index in [9.17, 15) is 8.42 Å². The Hall–Kier alpha value is -1.69. The molecule has 0 aromatic carbocycles. The van der Waals surface area contributed by atoms with Crippen LogP contribution in [0, 0.1) is 11.3 Å². The average Bonchev–Trinajstić information content (AvgIpc) is 2.47. The Bertz CT molecular complexity index is 607. The predicted molar refractivity (Wildman–Crippen MR) is 72.7 cm³/mol. The van der Waals surface area contributed by atoms with E-state index >= 15 is 0 Å². The van der Waals surface area contributed by atoms with E-state index in [2.05, 4.69) is 4.98 Å². The van der Waals surface area contributed by atoms with Crippen LogP contribution in [0.2, 0.25) is 0 Å². The molecule has 2 heterocycles. The molecular formula is C12H16N4O3S. The molecule has 0 aliphatic carbocycles. The smallest absolute Gasteiger partial charge is 0.245 e. The molecule has 1 aromatic rings. The van der Waals surface area contributed by atoms with Gasteiger partial charge in [-0.05, 0) is 12.1 Å². The summed E-state index contributed by atoms with van der Waals surface area (Å²) in [7, 11) is -0.0687. The molecule has 1 saturated heterocycles. The van der Waals surface area contributed by atoms with Gasteiger partial charge in [-0.1, -0.05) is 0 Å². The highest BCUT2D eigenvalue weighted by atomic mass is 32.2. The van der Waals surface area contributed by atoms with Crippen molar-refractivity contribution >= 4 is 15.8 Å².